The number of aliphatic carboxylic acids is 5. The molecular formula is C50H70N10O15. The molecule has 0 aromatic heterocycles. The zero-order valence-corrected chi connectivity index (χ0v) is 41.8. The Kier molecular flexibility index (Phi) is 20.3. The zero-order valence-electron chi connectivity index (χ0n) is 41.8. The summed E-state index contributed by atoms with van der Waals surface area (Å²) in [4.78, 5) is 136. The molecule has 4 fully saturated rings. The number of nitrogens with zero attached hydrogens (tertiary/aromatic N) is 4. The summed E-state index contributed by atoms with van der Waals surface area (Å²) in [5, 5.41) is 65.3. The first kappa shape index (κ1) is 57.3. The van der Waals surface area contributed by atoms with Crippen LogP contribution in [0.4, 0.5) is 4.79 Å². The van der Waals surface area contributed by atoms with Crippen molar-refractivity contribution in [1.29, 1.82) is 0 Å². The Morgan fingerprint density at radius 3 is 1.85 bits per heavy atom. The van der Waals surface area contributed by atoms with E-state index in [2.05, 4.69) is 26.6 Å². The van der Waals surface area contributed by atoms with Gasteiger partial charge < -0.3 is 57.9 Å². The molecule has 2 aromatic rings. The van der Waals surface area contributed by atoms with Gasteiger partial charge in [0.1, 0.15) is 30.2 Å². The average molecular weight is 1050 g/mol. The van der Waals surface area contributed by atoms with E-state index in [0.717, 1.165) is 16.3 Å². The van der Waals surface area contributed by atoms with Gasteiger partial charge in [-0.2, -0.15) is 0 Å². The number of hydrogen-bond donors (Lipinski definition) is 11. The molecule has 410 valence electrons. The minimum atomic E-state index is -1.82. The van der Waals surface area contributed by atoms with Gasteiger partial charge in [0.25, 0.3) is 0 Å². The Hall–Kier alpha value is -6.96. The molecule has 3 saturated heterocycles. The molecule has 0 radical (unpaired) electrons. The molecule has 0 spiro atoms. The maximum Gasteiger partial charge on any atom is 0.326 e. The highest BCUT2D eigenvalue weighted by atomic mass is 16.4. The van der Waals surface area contributed by atoms with E-state index in [9.17, 15) is 68.4 Å². The molecule has 1 aliphatic carbocycles. The molecule has 6 rings (SSSR count). The quantitative estimate of drug-likeness (QED) is 0.0590. The fourth-order valence-corrected chi connectivity index (χ4v) is 11.2. The van der Waals surface area contributed by atoms with Crippen LogP contribution in [0.3, 0.4) is 0 Å². The number of nitrogens with two attached hydrogens (primary N) is 1. The van der Waals surface area contributed by atoms with E-state index in [1.165, 1.54) is 0 Å². The number of carboxylic acid groups (broad SMARTS) is 5. The molecule has 7 atom stereocenters. The summed E-state index contributed by atoms with van der Waals surface area (Å²) in [7, 11) is 0. The van der Waals surface area contributed by atoms with Crippen molar-refractivity contribution in [3.05, 3.63) is 48.0 Å². The standard InChI is InChI=1S/C50H70N10O15/c51-38(61)28-57-17-21-59-23-19-58-20-24-60(22-18-57)42(48(73)74)50(41(59)47(71)72,56-39(62)29-58)27-30-8-12-33(13-9-30)43(65)53-37(26-31-10-11-32-5-1-2-6-34(32)25-31)44(66)52-16-4-3-7-35(45(67)68)54-49(75)55-36(46(69)70)14-15-40(63)64/h1-2,5-6,10-11,25,30,33,35-37,41-42H,3-4,7-9,12-24,26-29H2,(H2,51,61)(H,52,66)(H,53,65)(H,56,62)(H,63,64)(H,67,68)(H,69,70)(H,71,72)(H,73,74)(H2,54,55,75)/t30?,33?,35?,36?,37-,41+,42+/m0/s1. The second-order valence-electron chi connectivity index (χ2n) is 20.1. The van der Waals surface area contributed by atoms with Crippen molar-refractivity contribution >= 4 is 70.3 Å². The van der Waals surface area contributed by atoms with Crippen molar-refractivity contribution in [3.63, 3.8) is 0 Å². The maximum absolute atomic E-state index is 14.2. The summed E-state index contributed by atoms with van der Waals surface area (Å²) in [5.74, 6) is -9.61. The largest absolute Gasteiger partial charge is 0.481 e. The molecule has 12 N–H and O–H groups in total. The normalized spacial score (nSPS) is 26.3. The van der Waals surface area contributed by atoms with Gasteiger partial charge in [-0.05, 0) is 80.0 Å². The van der Waals surface area contributed by atoms with Crippen LogP contribution in [0.1, 0.15) is 69.8 Å². The van der Waals surface area contributed by atoms with Gasteiger partial charge in [-0.15, -0.1) is 0 Å². The molecular weight excluding hydrogens is 981 g/mol. The fraction of sp³-hybridized carbons (Fsp3) is 0.600. The van der Waals surface area contributed by atoms with E-state index >= 15 is 0 Å². The molecule has 2 aromatic carbocycles. The average Bonchev–Trinajstić information content (AvgIpc) is 3.43. The van der Waals surface area contributed by atoms with E-state index in [-0.39, 0.29) is 103 Å². The predicted octanol–water partition coefficient (Wildman–Crippen LogP) is -1.08. The third-order valence-corrected chi connectivity index (χ3v) is 14.9. The van der Waals surface area contributed by atoms with Crippen LogP contribution in [-0.2, 0) is 49.6 Å². The Labute approximate surface area is 432 Å². The molecule has 1 saturated carbocycles. The molecule has 4 aliphatic rings. The van der Waals surface area contributed by atoms with Gasteiger partial charge in [0.15, 0.2) is 0 Å². The Morgan fingerprint density at radius 1 is 0.693 bits per heavy atom. The van der Waals surface area contributed by atoms with Gasteiger partial charge in [0.05, 0.1) is 18.6 Å². The predicted molar refractivity (Wildman–Crippen MR) is 267 cm³/mol. The monoisotopic (exact) mass is 1050 g/mol. The van der Waals surface area contributed by atoms with Crippen LogP contribution in [-0.4, -0.2) is 212 Å². The molecule has 3 heterocycles. The second-order valence-corrected chi connectivity index (χ2v) is 20.1. The first-order valence-electron chi connectivity index (χ1n) is 25.5. The van der Waals surface area contributed by atoms with Crippen molar-refractivity contribution in [2.45, 2.75) is 106 Å². The minimum Gasteiger partial charge on any atom is -0.481 e. The summed E-state index contributed by atoms with van der Waals surface area (Å²) >= 11 is 0. The van der Waals surface area contributed by atoms with E-state index in [4.69, 9.17) is 10.8 Å². The summed E-state index contributed by atoms with van der Waals surface area (Å²) in [6.45, 7) is 1.89. The van der Waals surface area contributed by atoms with E-state index in [1.54, 1.807) is 14.7 Å². The Morgan fingerprint density at radius 2 is 1.28 bits per heavy atom. The SMILES string of the molecule is NC(=O)CN1CCN2CCN3CCN(CC1)[C@H](C(=O)O)C(CC1CCC(C(=O)N[C@@H](Cc4ccc5ccccc5c4)C(=O)NCCCCC(NC(=O)NC(CCC(=O)O)C(=O)O)C(=O)O)CC1)(NC(=O)C3)[C@H]2C(=O)O. The topological polar surface area (TPSA) is 371 Å². The summed E-state index contributed by atoms with van der Waals surface area (Å²) in [6, 6.07) is 5.23. The number of fused-ring (bicyclic) bond motifs is 6. The van der Waals surface area contributed by atoms with Crippen molar-refractivity contribution in [1.82, 2.24) is 46.2 Å². The van der Waals surface area contributed by atoms with Crippen LogP contribution in [0, 0.1) is 11.8 Å². The number of unbranched alkanes of at least 4 members (excludes halogenated alkanes) is 1. The number of carbonyl (C=O) groups excluding carboxylic acids is 5. The number of amides is 6. The number of primary amides is 1. The lowest BCUT2D eigenvalue weighted by Crippen LogP contribution is -2.76. The van der Waals surface area contributed by atoms with Crippen molar-refractivity contribution < 1.29 is 73.5 Å². The lowest BCUT2D eigenvalue weighted by Gasteiger charge is -2.52. The van der Waals surface area contributed by atoms with Crippen molar-refractivity contribution in [2.75, 3.05) is 72.0 Å². The van der Waals surface area contributed by atoms with E-state index in [0.29, 0.717) is 38.8 Å². The molecule has 3 aliphatic heterocycles. The number of benzene rings is 2. The van der Waals surface area contributed by atoms with Gasteiger partial charge in [-0.1, -0.05) is 42.5 Å². The lowest BCUT2D eigenvalue weighted by molar-refractivity contribution is -0.160. The number of rotatable bonds is 23. The Balaban J connectivity index is 1.14. The number of nitrogens with one attached hydrogen (secondary N) is 5. The highest BCUT2D eigenvalue weighted by Crippen LogP contribution is 2.40. The first-order chi connectivity index (χ1) is 35.7. The van der Waals surface area contributed by atoms with Crippen LogP contribution in [0.25, 0.3) is 10.8 Å². The smallest absolute Gasteiger partial charge is 0.326 e. The van der Waals surface area contributed by atoms with Gasteiger partial charge in [0, 0.05) is 77.7 Å². The van der Waals surface area contributed by atoms with Gasteiger partial charge in [-0.25, -0.2) is 14.4 Å². The van der Waals surface area contributed by atoms with Crippen LogP contribution in [0.5, 0.6) is 0 Å². The third kappa shape index (κ3) is 15.8. The van der Waals surface area contributed by atoms with Gasteiger partial charge in [0.2, 0.25) is 23.6 Å². The summed E-state index contributed by atoms with van der Waals surface area (Å²) in [6.07, 6.45) is 0.891. The summed E-state index contributed by atoms with van der Waals surface area (Å²) in [5.41, 5.74) is 4.51. The summed E-state index contributed by atoms with van der Waals surface area (Å²) < 4.78 is 0. The fourth-order valence-electron chi connectivity index (χ4n) is 11.2. The van der Waals surface area contributed by atoms with Crippen LogP contribution < -0.4 is 32.3 Å². The lowest BCUT2D eigenvalue weighted by atomic mass is 9.69. The van der Waals surface area contributed by atoms with Crippen LogP contribution >= 0.6 is 0 Å². The van der Waals surface area contributed by atoms with Crippen molar-refractivity contribution in [2.24, 2.45) is 17.6 Å². The zero-order chi connectivity index (χ0) is 54.4. The van der Waals surface area contributed by atoms with Crippen LogP contribution in [0.15, 0.2) is 42.5 Å². The molecule has 4 unspecified atom stereocenters. The Bertz CT molecular complexity index is 2400. The minimum absolute atomic E-state index is 0.0116. The van der Waals surface area contributed by atoms with Crippen LogP contribution in [0.2, 0.25) is 0 Å². The highest BCUT2D eigenvalue weighted by molar-refractivity contribution is 5.90. The number of hydrogen-bond acceptors (Lipinski definition) is 14. The number of carboxylic acids is 5. The third-order valence-electron chi connectivity index (χ3n) is 14.9. The molecule has 6 amide bonds. The molecule has 25 heteroatoms. The van der Waals surface area contributed by atoms with Gasteiger partial charge in [-0.3, -0.25) is 53.2 Å². The second kappa shape index (κ2) is 26.5. The highest BCUT2D eigenvalue weighted by Gasteiger charge is 2.59. The molecule has 25 nitrogen and oxygen atoms in total. The molecule has 75 heavy (non-hydrogen) atoms. The van der Waals surface area contributed by atoms with Crippen molar-refractivity contribution in [3.8, 4) is 0 Å². The number of carbonyl (C=O) groups is 10. The van der Waals surface area contributed by atoms with E-state index in [1.807, 2.05) is 47.4 Å². The van der Waals surface area contributed by atoms with E-state index < -0.39 is 108 Å². The molecule has 4 bridgehead atoms. The van der Waals surface area contributed by atoms with Gasteiger partial charge >= 0.3 is 35.9 Å². The first-order valence-corrected chi connectivity index (χ1v) is 25.5. The maximum atomic E-state index is 14.2. The number of urea groups is 1.